The van der Waals surface area contributed by atoms with Gasteiger partial charge in [-0.3, -0.25) is 4.79 Å². The van der Waals surface area contributed by atoms with E-state index >= 15 is 0 Å². The Balaban J connectivity index is 3.20. The van der Waals surface area contributed by atoms with Crippen molar-refractivity contribution in [1.82, 2.24) is 5.32 Å². The Morgan fingerprint density at radius 3 is 2.42 bits per heavy atom. The van der Waals surface area contributed by atoms with Crippen LogP contribution in [0.15, 0.2) is 24.3 Å². The van der Waals surface area contributed by atoms with Gasteiger partial charge in [0.2, 0.25) is 5.91 Å². The highest BCUT2D eigenvalue weighted by Gasteiger charge is 2.37. The Morgan fingerprint density at radius 2 is 1.95 bits per heavy atom. The van der Waals surface area contributed by atoms with Crippen LogP contribution in [0.5, 0.6) is 5.75 Å². The van der Waals surface area contributed by atoms with Gasteiger partial charge in [-0.05, 0) is 44.4 Å². The number of benzene rings is 1. The number of rotatable bonds is 6. The number of methoxy groups -OCH3 is 1. The van der Waals surface area contributed by atoms with Crippen molar-refractivity contribution < 1.29 is 9.53 Å². The molecule has 0 aliphatic carbocycles. The van der Waals surface area contributed by atoms with Gasteiger partial charge in [-0.2, -0.15) is 0 Å². The lowest BCUT2D eigenvalue weighted by Gasteiger charge is -2.32. The number of amides is 1. The van der Waals surface area contributed by atoms with Gasteiger partial charge in [0.05, 0.1) is 12.5 Å². The van der Waals surface area contributed by atoms with Crippen molar-refractivity contribution in [3.05, 3.63) is 29.8 Å². The standard InChI is InChI=1S/C16H25NO2/c1-6-16(7-2,15(18)17-12(3)4)13-9-8-10-14(11-13)19-5/h8-12H,6-7H2,1-5H3,(H,17,18). The average Bonchev–Trinajstić information content (AvgIpc) is 2.40. The van der Waals surface area contributed by atoms with Crippen LogP contribution in [-0.2, 0) is 10.2 Å². The average molecular weight is 263 g/mol. The van der Waals surface area contributed by atoms with Gasteiger partial charge in [0.15, 0.2) is 0 Å². The molecular formula is C16H25NO2. The van der Waals surface area contributed by atoms with Crippen molar-refractivity contribution in [3.63, 3.8) is 0 Å². The summed E-state index contributed by atoms with van der Waals surface area (Å²) in [7, 11) is 1.65. The van der Waals surface area contributed by atoms with Gasteiger partial charge in [0.1, 0.15) is 5.75 Å². The number of carbonyl (C=O) groups is 1. The van der Waals surface area contributed by atoms with E-state index < -0.39 is 5.41 Å². The second-order valence-corrected chi connectivity index (χ2v) is 5.15. The Kier molecular flexibility index (Phi) is 5.40. The van der Waals surface area contributed by atoms with Crippen molar-refractivity contribution in [2.75, 3.05) is 7.11 Å². The molecule has 0 aliphatic heterocycles. The molecule has 0 atom stereocenters. The Hall–Kier alpha value is -1.51. The maximum atomic E-state index is 12.6. The van der Waals surface area contributed by atoms with Gasteiger partial charge in [0.25, 0.3) is 0 Å². The molecule has 19 heavy (non-hydrogen) atoms. The molecule has 0 saturated heterocycles. The smallest absolute Gasteiger partial charge is 0.230 e. The lowest BCUT2D eigenvalue weighted by molar-refractivity contribution is -0.127. The second kappa shape index (κ2) is 6.60. The molecule has 3 nitrogen and oxygen atoms in total. The molecule has 0 spiro atoms. The van der Waals surface area contributed by atoms with Crippen LogP contribution in [0.3, 0.4) is 0 Å². The number of hydrogen-bond donors (Lipinski definition) is 1. The van der Waals surface area contributed by atoms with E-state index in [9.17, 15) is 4.79 Å². The molecule has 3 heteroatoms. The van der Waals surface area contributed by atoms with Gasteiger partial charge in [0, 0.05) is 6.04 Å². The number of carbonyl (C=O) groups excluding carboxylic acids is 1. The van der Waals surface area contributed by atoms with E-state index in [1.807, 2.05) is 38.1 Å². The predicted octanol–water partition coefficient (Wildman–Crippen LogP) is 3.28. The van der Waals surface area contributed by atoms with Gasteiger partial charge < -0.3 is 10.1 Å². The van der Waals surface area contributed by atoms with Crippen molar-refractivity contribution >= 4 is 5.91 Å². The van der Waals surface area contributed by atoms with Crippen molar-refractivity contribution in [2.24, 2.45) is 0 Å². The van der Waals surface area contributed by atoms with Crippen LogP contribution in [0.1, 0.15) is 46.1 Å². The molecule has 0 heterocycles. The van der Waals surface area contributed by atoms with Gasteiger partial charge in [-0.1, -0.05) is 26.0 Å². The number of nitrogens with one attached hydrogen (secondary N) is 1. The maximum Gasteiger partial charge on any atom is 0.230 e. The summed E-state index contributed by atoms with van der Waals surface area (Å²) in [5.74, 6) is 0.891. The summed E-state index contributed by atoms with van der Waals surface area (Å²) in [6, 6.07) is 7.97. The summed E-state index contributed by atoms with van der Waals surface area (Å²) in [5, 5.41) is 3.04. The van der Waals surface area contributed by atoms with Crippen LogP contribution in [0, 0.1) is 0 Å². The SMILES string of the molecule is CCC(CC)(C(=O)NC(C)C)c1cccc(OC)c1. The van der Waals surface area contributed by atoms with E-state index in [0.29, 0.717) is 0 Å². The van der Waals surface area contributed by atoms with Gasteiger partial charge in [-0.25, -0.2) is 0 Å². The quantitative estimate of drug-likeness (QED) is 0.855. The monoisotopic (exact) mass is 263 g/mol. The summed E-state index contributed by atoms with van der Waals surface area (Å²) in [4.78, 5) is 12.6. The molecule has 0 saturated carbocycles. The van der Waals surface area contributed by atoms with Crippen molar-refractivity contribution in [2.45, 2.75) is 52.0 Å². The Morgan fingerprint density at radius 1 is 1.32 bits per heavy atom. The molecule has 0 bridgehead atoms. The van der Waals surface area contributed by atoms with Gasteiger partial charge in [-0.15, -0.1) is 0 Å². The minimum atomic E-state index is -0.473. The second-order valence-electron chi connectivity index (χ2n) is 5.15. The van der Waals surface area contributed by atoms with Crippen molar-refractivity contribution in [1.29, 1.82) is 0 Å². The fourth-order valence-electron chi connectivity index (χ4n) is 2.43. The highest BCUT2D eigenvalue weighted by molar-refractivity contribution is 5.88. The first-order valence-electron chi connectivity index (χ1n) is 6.95. The van der Waals surface area contributed by atoms with Crippen LogP contribution >= 0.6 is 0 Å². The zero-order valence-corrected chi connectivity index (χ0v) is 12.6. The third kappa shape index (κ3) is 3.28. The van der Waals surface area contributed by atoms with Gasteiger partial charge >= 0.3 is 0 Å². The summed E-state index contributed by atoms with van der Waals surface area (Å²) >= 11 is 0. The van der Waals surface area contributed by atoms with E-state index in [1.54, 1.807) is 7.11 Å². The minimum absolute atomic E-state index is 0.0979. The van der Waals surface area contributed by atoms with Crippen molar-refractivity contribution in [3.8, 4) is 5.75 Å². The summed E-state index contributed by atoms with van der Waals surface area (Å²) < 4.78 is 5.27. The molecule has 0 aromatic heterocycles. The zero-order chi connectivity index (χ0) is 14.5. The van der Waals surface area contributed by atoms with Crippen LogP contribution in [0.4, 0.5) is 0 Å². The highest BCUT2D eigenvalue weighted by atomic mass is 16.5. The first kappa shape index (κ1) is 15.5. The normalized spacial score (nSPS) is 11.5. The predicted molar refractivity (Wildman–Crippen MR) is 78.5 cm³/mol. The van der Waals surface area contributed by atoms with Crippen LogP contribution in [0.25, 0.3) is 0 Å². The Bertz CT molecular complexity index is 423. The molecule has 0 radical (unpaired) electrons. The topological polar surface area (TPSA) is 38.3 Å². The molecule has 1 N–H and O–H groups in total. The maximum absolute atomic E-state index is 12.6. The van der Waals surface area contributed by atoms with E-state index in [0.717, 1.165) is 24.2 Å². The van der Waals surface area contributed by atoms with E-state index in [2.05, 4.69) is 19.2 Å². The molecule has 1 rings (SSSR count). The largest absolute Gasteiger partial charge is 0.497 e. The molecule has 1 amide bonds. The molecular weight excluding hydrogens is 238 g/mol. The molecule has 0 unspecified atom stereocenters. The zero-order valence-electron chi connectivity index (χ0n) is 12.6. The third-order valence-electron chi connectivity index (χ3n) is 3.68. The Labute approximate surface area is 116 Å². The fourth-order valence-corrected chi connectivity index (χ4v) is 2.43. The minimum Gasteiger partial charge on any atom is -0.497 e. The number of hydrogen-bond acceptors (Lipinski definition) is 2. The first-order chi connectivity index (χ1) is 9.00. The van der Waals surface area contributed by atoms with Crippen LogP contribution in [-0.4, -0.2) is 19.1 Å². The summed E-state index contributed by atoms with van der Waals surface area (Å²) in [6.45, 7) is 8.09. The molecule has 1 aromatic carbocycles. The van der Waals surface area contributed by atoms with E-state index in [1.165, 1.54) is 0 Å². The van der Waals surface area contributed by atoms with Crippen LogP contribution in [0.2, 0.25) is 0 Å². The fraction of sp³-hybridized carbons (Fsp3) is 0.562. The van der Waals surface area contributed by atoms with E-state index in [4.69, 9.17) is 4.74 Å². The highest BCUT2D eigenvalue weighted by Crippen LogP contribution is 2.34. The molecule has 0 fully saturated rings. The van der Waals surface area contributed by atoms with Crippen LogP contribution < -0.4 is 10.1 Å². The third-order valence-corrected chi connectivity index (χ3v) is 3.68. The number of ether oxygens (including phenoxy) is 1. The first-order valence-corrected chi connectivity index (χ1v) is 6.95. The van der Waals surface area contributed by atoms with E-state index in [-0.39, 0.29) is 11.9 Å². The summed E-state index contributed by atoms with van der Waals surface area (Å²) in [6.07, 6.45) is 1.55. The molecule has 0 aliphatic rings. The molecule has 106 valence electrons. The lowest BCUT2D eigenvalue weighted by Crippen LogP contribution is -2.46. The molecule has 1 aromatic rings. The summed E-state index contributed by atoms with van der Waals surface area (Å²) in [5.41, 5.74) is 0.550. The lowest BCUT2D eigenvalue weighted by atomic mass is 9.75.